The van der Waals surface area contributed by atoms with E-state index in [2.05, 4.69) is 15.6 Å². The van der Waals surface area contributed by atoms with Crippen LogP contribution < -0.4 is 15.4 Å². The van der Waals surface area contributed by atoms with E-state index in [1.54, 1.807) is 49.7 Å². The SMILES string of the molecule is COc1cccc(NC(=O)C(Cc2ccccc2)NC(=O)c2cccnc2)c1. The summed E-state index contributed by atoms with van der Waals surface area (Å²) < 4.78 is 5.19. The van der Waals surface area contributed by atoms with Gasteiger partial charge in [-0.2, -0.15) is 0 Å². The number of ether oxygens (including phenoxy) is 1. The molecule has 3 aromatic rings. The Hall–Kier alpha value is -3.67. The van der Waals surface area contributed by atoms with Crippen molar-refractivity contribution in [3.05, 3.63) is 90.3 Å². The number of methoxy groups -OCH3 is 1. The van der Waals surface area contributed by atoms with Gasteiger partial charge in [0.05, 0.1) is 12.7 Å². The molecule has 2 aromatic carbocycles. The first kappa shape index (κ1) is 19.1. The topological polar surface area (TPSA) is 80.3 Å². The van der Waals surface area contributed by atoms with Gasteiger partial charge in [0.15, 0.2) is 0 Å². The minimum atomic E-state index is -0.749. The van der Waals surface area contributed by atoms with E-state index in [1.165, 1.54) is 6.20 Å². The molecule has 3 rings (SSSR count). The van der Waals surface area contributed by atoms with Crippen molar-refractivity contribution in [1.82, 2.24) is 10.3 Å². The van der Waals surface area contributed by atoms with Crippen molar-refractivity contribution < 1.29 is 14.3 Å². The van der Waals surface area contributed by atoms with Crippen molar-refractivity contribution in [2.24, 2.45) is 0 Å². The predicted octanol–water partition coefficient (Wildman–Crippen LogP) is 3.07. The van der Waals surface area contributed by atoms with Crippen LogP contribution in [-0.2, 0) is 11.2 Å². The molecule has 1 aromatic heterocycles. The Bertz CT molecular complexity index is 930. The summed E-state index contributed by atoms with van der Waals surface area (Å²) in [5.41, 5.74) is 1.94. The molecule has 0 aliphatic carbocycles. The molecule has 6 nitrogen and oxygen atoms in total. The number of nitrogens with zero attached hydrogens (tertiary/aromatic N) is 1. The molecular formula is C22H21N3O3. The lowest BCUT2D eigenvalue weighted by Gasteiger charge is -2.19. The van der Waals surface area contributed by atoms with Gasteiger partial charge in [-0.1, -0.05) is 36.4 Å². The lowest BCUT2D eigenvalue weighted by molar-refractivity contribution is -0.118. The van der Waals surface area contributed by atoms with Gasteiger partial charge in [-0.05, 0) is 29.8 Å². The van der Waals surface area contributed by atoms with Crippen LogP contribution in [0.25, 0.3) is 0 Å². The standard InChI is InChI=1S/C22H21N3O3/c1-28-19-11-5-10-18(14-19)24-22(27)20(13-16-7-3-2-4-8-16)25-21(26)17-9-6-12-23-15-17/h2-12,14-15,20H,13H2,1H3,(H,24,27)(H,25,26). The maximum Gasteiger partial charge on any atom is 0.253 e. The van der Waals surface area contributed by atoms with Gasteiger partial charge in [-0.15, -0.1) is 0 Å². The van der Waals surface area contributed by atoms with Crippen LogP contribution >= 0.6 is 0 Å². The summed E-state index contributed by atoms with van der Waals surface area (Å²) >= 11 is 0. The summed E-state index contributed by atoms with van der Waals surface area (Å²) in [5.74, 6) is -0.0269. The minimum absolute atomic E-state index is 0.311. The summed E-state index contributed by atoms with van der Waals surface area (Å²) in [6.45, 7) is 0. The number of anilines is 1. The highest BCUT2D eigenvalue weighted by atomic mass is 16.5. The van der Waals surface area contributed by atoms with Crippen molar-refractivity contribution in [2.75, 3.05) is 12.4 Å². The fourth-order valence-electron chi connectivity index (χ4n) is 2.73. The third kappa shape index (κ3) is 5.17. The third-order valence-corrected chi connectivity index (χ3v) is 4.17. The maximum absolute atomic E-state index is 12.9. The Morgan fingerprint density at radius 2 is 1.86 bits per heavy atom. The fourth-order valence-corrected chi connectivity index (χ4v) is 2.73. The molecular weight excluding hydrogens is 354 g/mol. The van der Waals surface area contributed by atoms with Gasteiger partial charge in [-0.3, -0.25) is 14.6 Å². The molecule has 2 N–H and O–H groups in total. The van der Waals surface area contributed by atoms with Gasteiger partial charge in [0, 0.05) is 30.6 Å². The largest absolute Gasteiger partial charge is 0.497 e. The number of benzene rings is 2. The monoisotopic (exact) mass is 375 g/mol. The van der Waals surface area contributed by atoms with Gasteiger partial charge >= 0.3 is 0 Å². The predicted molar refractivity (Wildman–Crippen MR) is 107 cm³/mol. The van der Waals surface area contributed by atoms with Gasteiger partial charge in [0.25, 0.3) is 5.91 Å². The zero-order chi connectivity index (χ0) is 19.8. The van der Waals surface area contributed by atoms with E-state index in [1.807, 2.05) is 30.3 Å². The Labute approximate surface area is 163 Å². The molecule has 2 amide bonds. The van der Waals surface area contributed by atoms with E-state index < -0.39 is 6.04 Å². The van der Waals surface area contributed by atoms with Crippen LogP contribution in [0.5, 0.6) is 5.75 Å². The highest BCUT2D eigenvalue weighted by Crippen LogP contribution is 2.17. The molecule has 1 unspecified atom stereocenters. The molecule has 0 aliphatic rings. The summed E-state index contributed by atoms with van der Waals surface area (Å²) in [6.07, 6.45) is 3.42. The molecule has 0 saturated carbocycles. The van der Waals surface area contributed by atoms with Crippen molar-refractivity contribution in [1.29, 1.82) is 0 Å². The molecule has 0 saturated heterocycles. The summed E-state index contributed by atoms with van der Waals surface area (Å²) in [5, 5.41) is 5.65. The van der Waals surface area contributed by atoms with Crippen LogP contribution in [-0.4, -0.2) is 29.9 Å². The highest BCUT2D eigenvalue weighted by molar-refractivity contribution is 6.01. The third-order valence-electron chi connectivity index (χ3n) is 4.17. The van der Waals surface area contributed by atoms with E-state index in [0.717, 1.165) is 5.56 Å². The molecule has 28 heavy (non-hydrogen) atoms. The van der Waals surface area contributed by atoms with E-state index in [4.69, 9.17) is 4.74 Å². The van der Waals surface area contributed by atoms with E-state index in [9.17, 15) is 9.59 Å². The first-order chi connectivity index (χ1) is 13.7. The van der Waals surface area contributed by atoms with Crippen molar-refractivity contribution in [3.63, 3.8) is 0 Å². The molecule has 1 heterocycles. The first-order valence-corrected chi connectivity index (χ1v) is 8.85. The molecule has 0 radical (unpaired) electrons. The average molecular weight is 375 g/mol. The number of hydrogen-bond donors (Lipinski definition) is 2. The maximum atomic E-state index is 12.9. The van der Waals surface area contributed by atoms with Gasteiger partial charge in [-0.25, -0.2) is 0 Å². The zero-order valence-electron chi connectivity index (χ0n) is 15.5. The number of aromatic nitrogens is 1. The number of hydrogen-bond acceptors (Lipinski definition) is 4. The molecule has 0 bridgehead atoms. The number of carbonyl (C=O) groups is 2. The minimum Gasteiger partial charge on any atom is -0.497 e. The van der Waals surface area contributed by atoms with Crippen molar-refractivity contribution in [2.45, 2.75) is 12.5 Å². The average Bonchev–Trinajstić information content (AvgIpc) is 2.74. The van der Waals surface area contributed by atoms with Gasteiger partial charge in [0.2, 0.25) is 5.91 Å². The Kier molecular flexibility index (Phi) is 6.36. The van der Waals surface area contributed by atoms with E-state index in [-0.39, 0.29) is 11.8 Å². The second kappa shape index (κ2) is 9.32. The number of nitrogens with one attached hydrogen (secondary N) is 2. The number of amides is 2. The fraction of sp³-hybridized carbons (Fsp3) is 0.136. The van der Waals surface area contributed by atoms with Gasteiger partial charge < -0.3 is 15.4 Å². The molecule has 0 spiro atoms. The molecule has 142 valence electrons. The number of carbonyl (C=O) groups excluding carboxylic acids is 2. The molecule has 6 heteroatoms. The van der Waals surface area contributed by atoms with Crippen molar-refractivity contribution >= 4 is 17.5 Å². The normalized spacial score (nSPS) is 11.3. The first-order valence-electron chi connectivity index (χ1n) is 8.85. The smallest absolute Gasteiger partial charge is 0.253 e. The summed E-state index contributed by atoms with van der Waals surface area (Å²) in [4.78, 5) is 29.4. The quantitative estimate of drug-likeness (QED) is 0.665. The number of pyridine rings is 1. The zero-order valence-corrected chi connectivity index (χ0v) is 15.5. The number of rotatable bonds is 7. The molecule has 1 atom stereocenters. The van der Waals surface area contributed by atoms with E-state index in [0.29, 0.717) is 23.4 Å². The van der Waals surface area contributed by atoms with Crippen molar-refractivity contribution in [3.8, 4) is 5.75 Å². The molecule has 0 aliphatic heterocycles. The summed E-state index contributed by atoms with van der Waals surface area (Å²) in [6, 6.07) is 19.2. The van der Waals surface area contributed by atoms with Gasteiger partial charge in [0.1, 0.15) is 11.8 Å². The van der Waals surface area contributed by atoms with Crippen LogP contribution in [0.4, 0.5) is 5.69 Å². The van der Waals surface area contributed by atoms with Crippen LogP contribution in [0.3, 0.4) is 0 Å². The Morgan fingerprint density at radius 1 is 1.04 bits per heavy atom. The van der Waals surface area contributed by atoms with Crippen LogP contribution in [0.15, 0.2) is 79.1 Å². The highest BCUT2D eigenvalue weighted by Gasteiger charge is 2.22. The van der Waals surface area contributed by atoms with Crippen LogP contribution in [0, 0.1) is 0 Å². The Balaban J connectivity index is 1.78. The summed E-state index contributed by atoms with van der Waals surface area (Å²) in [7, 11) is 1.56. The second-order valence-electron chi connectivity index (χ2n) is 6.18. The lowest BCUT2D eigenvalue weighted by atomic mass is 10.0. The van der Waals surface area contributed by atoms with Crippen LogP contribution in [0.1, 0.15) is 15.9 Å². The molecule has 0 fully saturated rings. The lowest BCUT2D eigenvalue weighted by Crippen LogP contribution is -2.45. The second-order valence-corrected chi connectivity index (χ2v) is 6.18. The Morgan fingerprint density at radius 3 is 2.57 bits per heavy atom. The van der Waals surface area contributed by atoms with Crippen LogP contribution in [0.2, 0.25) is 0 Å². The van der Waals surface area contributed by atoms with E-state index >= 15 is 0 Å².